The van der Waals surface area contributed by atoms with Crippen molar-refractivity contribution in [3.63, 3.8) is 0 Å². The van der Waals surface area contributed by atoms with Gasteiger partial charge in [0.1, 0.15) is 5.69 Å². The van der Waals surface area contributed by atoms with Gasteiger partial charge < -0.3 is 5.73 Å². The van der Waals surface area contributed by atoms with Gasteiger partial charge in [-0.15, -0.1) is 0 Å². The van der Waals surface area contributed by atoms with E-state index < -0.39 is 12.1 Å². The highest BCUT2D eigenvalue weighted by Gasteiger charge is 2.14. The molecule has 16 heavy (non-hydrogen) atoms. The van der Waals surface area contributed by atoms with Crippen molar-refractivity contribution in [2.24, 2.45) is 0 Å². The van der Waals surface area contributed by atoms with E-state index in [2.05, 4.69) is 4.98 Å². The zero-order chi connectivity index (χ0) is 11.9. The van der Waals surface area contributed by atoms with Gasteiger partial charge in [-0.25, -0.2) is 13.8 Å². The van der Waals surface area contributed by atoms with Crippen molar-refractivity contribution in [2.75, 3.05) is 5.73 Å². The molecule has 0 aliphatic rings. The zero-order valence-electron chi connectivity index (χ0n) is 7.85. The van der Waals surface area contributed by atoms with Gasteiger partial charge in [-0.1, -0.05) is 23.2 Å². The molecular formula is C10H6Cl2F2N2. The van der Waals surface area contributed by atoms with E-state index >= 15 is 0 Å². The Morgan fingerprint density at radius 1 is 1.25 bits per heavy atom. The Balaban J connectivity index is 2.83. The lowest BCUT2D eigenvalue weighted by atomic mass is 10.1. The molecule has 1 aromatic carbocycles. The summed E-state index contributed by atoms with van der Waals surface area (Å²) in [6.45, 7) is 0. The van der Waals surface area contributed by atoms with Crippen LogP contribution < -0.4 is 5.73 Å². The summed E-state index contributed by atoms with van der Waals surface area (Å²) in [5, 5.41) is 0.902. The Morgan fingerprint density at radius 2 is 1.94 bits per heavy atom. The van der Waals surface area contributed by atoms with E-state index in [9.17, 15) is 8.78 Å². The number of alkyl halides is 2. The van der Waals surface area contributed by atoms with Crippen LogP contribution >= 0.6 is 23.2 Å². The smallest absolute Gasteiger partial charge is 0.280 e. The van der Waals surface area contributed by atoms with Crippen LogP contribution in [0.1, 0.15) is 12.1 Å². The van der Waals surface area contributed by atoms with Gasteiger partial charge in [-0.05, 0) is 18.2 Å². The molecule has 1 aromatic heterocycles. The number of hydrogen-bond acceptors (Lipinski definition) is 2. The highest BCUT2D eigenvalue weighted by atomic mass is 35.5. The summed E-state index contributed by atoms with van der Waals surface area (Å²) in [4.78, 5) is 3.75. The van der Waals surface area contributed by atoms with E-state index in [1.807, 2.05) is 0 Å². The van der Waals surface area contributed by atoms with Crippen LogP contribution in [0.15, 0.2) is 18.2 Å². The van der Waals surface area contributed by atoms with Crippen molar-refractivity contribution in [1.29, 1.82) is 0 Å². The number of nitrogens with zero attached hydrogens (tertiary/aromatic N) is 1. The van der Waals surface area contributed by atoms with Gasteiger partial charge in [0.2, 0.25) is 0 Å². The summed E-state index contributed by atoms with van der Waals surface area (Å²) in [5.74, 6) is 0. The predicted octanol–water partition coefficient (Wildman–Crippen LogP) is 4.06. The molecule has 6 heteroatoms. The van der Waals surface area contributed by atoms with Crippen LogP contribution in [0.5, 0.6) is 0 Å². The minimum Gasteiger partial charge on any atom is -0.398 e. The quantitative estimate of drug-likeness (QED) is 0.842. The topological polar surface area (TPSA) is 38.9 Å². The number of fused-ring (bicyclic) bond motifs is 1. The van der Waals surface area contributed by atoms with Crippen molar-refractivity contribution in [3.8, 4) is 0 Å². The third-order valence-corrected chi connectivity index (χ3v) is 2.94. The number of benzene rings is 1. The monoisotopic (exact) mass is 262 g/mol. The van der Waals surface area contributed by atoms with E-state index in [0.717, 1.165) is 6.07 Å². The number of rotatable bonds is 1. The fourth-order valence-corrected chi connectivity index (χ4v) is 1.75. The van der Waals surface area contributed by atoms with Gasteiger partial charge in [0.15, 0.2) is 0 Å². The molecule has 0 fully saturated rings. The van der Waals surface area contributed by atoms with Crippen LogP contribution in [0.25, 0.3) is 10.9 Å². The van der Waals surface area contributed by atoms with Crippen molar-refractivity contribution in [1.82, 2.24) is 4.98 Å². The Morgan fingerprint density at radius 3 is 2.56 bits per heavy atom. The fraction of sp³-hybridized carbons (Fsp3) is 0.100. The van der Waals surface area contributed by atoms with E-state index in [4.69, 9.17) is 28.9 Å². The maximum atomic E-state index is 12.5. The summed E-state index contributed by atoms with van der Waals surface area (Å²) in [7, 11) is 0. The first kappa shape index (κ1) is 11.4. The maximum absolute atomic E-state index is 12.5. The predicted molar refractivity (Wildman–Crippen MR) is 61.1 cm³/mol. The molecule has 0 amide bonds. The van der Waals surface area contributed by atoms with E-state index in [-0.39, 0.29) is 21.2 Å². The van der Waals surface area contributed by atoms with Gasteiger partial charge in [0.05, 0.1) is 15.6 Å². The van der Waals surface area contributed by atoms with Crippen LogP contribution in [0.3, 0.4) is 0 Å². The van der Waals surface area contributed by atoms with E-state index in [1.54, 1.807) is 12.1 Å². The standard InChI is InChI=1S/C10H6Cl2F2N2/c11-5-2-1-4-6(15)3-7(10(13)14)16-9(4)8(5)12/h1-3,10H,(H2,15,16). The van der Waals surface area contributed by atoms with Gasteiger partial charge >= 0.3 is 0 Å². The number of nitrogens with two attached hydrogens (primary N) is 1. The number of aromatic nitrogens is 1. The molecule has 0 atom stereocenters. The molecule has 0 saturated carbocycles. The lowest BCUT2D eigenvalue weighted by molar-refractivity contribution is 0.146. The van der Waals surface area contributed by atoms with E-state index in [0.29, 0.717) is 5.39 Å². The average Bonchev–Trinajstić information content (AvgIpc) is 2.23. The first-order chi connectivity index (χ1) is 7.50. The fourth-order valence-electron chi connectivity index (χ4n) is 1.39. The first-order valence-corrected chi connectivity index (χ1v) is 5.08. The highest BCUT2D eigenvalue weighted by molar-refractivity contribution is 6.45. The largest absolute Gasteiger partial charge is 0.398 e. The third-order valence-electron chi connectivity index (χ3n) is 2.15. The van der Waals surface area contributed by atoms with Crippen molar-refractivity contribution in [3.05, 3.63) is 33.9 Å². The second kappa shape index (κ2) is 4.03. The van der Waals surface area contributed by atoms with Gasteiger partial charge in [0.25, 0.3) is 6.43 Å². The van der Waals surface area contributed by atoms with Crippen LogP contribution in [0.2, 0.25) is 10.0 Å². The molecule has 0 saturated heterocycles. The Kier molecular flexibility index (Phi) is 2.86. The van der Waals surface area contributed by atoms with Crippen molar-refractivity contribution in [2.45, 2.75) is 6.43 Å². The molecule has 2 rings (SSSR count). The maximum Gasteiger partial charge on any atom is 0.280 e. The number of pyridine rings is 1. The highest BCUT2D eigenvalue weighted by Crippen LogP contribution is 2.34. The molecule has 0 aliphatic heterocycles. The molecule has 2 N–H and O–H groups in total. The summed E-state index contributed by atoms with van der Waals surface area (Å²) in [6, 6.07) is 4.28. The number of nitrogen functional groups attached to an aromatic ring is 1. The lowest BCUT2D eigenvalue weighted by Crippen LogP contribution is -1.96. The van der Waals surface area contributed by atoms with Crippen molar-refractivity contribution >= 4 is 39.8 Å². The molecule has 0 radical (unpaired) electrons. The molecule has 84 valence electrons. The summed E-state index contributed by atoms with van der Waals surface area (Å²) >= 11 is 11.7. The molecule has 2 aromatic rings. The van der Waals surface area contributed by atoms with Gasteiger partial charge in [-0.3, -0.25) is 0 Å². The second-order valence-electron chi connectivity index (χ2n) is 3.19. The lowest BCUT2D eigenvalue weighted by Gasteiger charge is -2.07. The van der Waals surface area contributed by atoms with Crippen molar-refractivity contribution < 1.29 is 8.78 Å². The summed E-state index contributed by atoms with van der Waals surface area (Å²) in [5.41, 5.74) is 5.64. The minimum absolute atomic E-state index is 0.133. The molecule has 2 nitrogen and oxygen atoms in total. The normalized spacial score (nSPS) is 11.3. The number of anilines is 1. The number of hydrogen-bond donors (Lipinski definition) is 1. The van der Waals surface area contributed by atoms with Crippen LogP contribution in [0, 0.1) is 0 Å². The van der Waals surface area contributed by atoms with Gasteiger partial charge in [-0.2, -0.15) is 0 Å². The molecule has 1 heterocycles. The summed E-state index contributed by atoms with van der Waals surface area (Å²) in [6.07, 6.45) is -2.69. The van der Waals surface area contributed by atoms with Crippen LogP contribution in [-0.2, 0) is 0 Å². The van der Waals surface area contributed by atoms with Crippen LogP contribution in [0.4, 0.5) is 14.5 Å². The second-order valence-corrected chi connectivity index (χ2v) is 3.98. The Bertz CT molecular complexity index is 558. The molecule has 0 aliphatic carbocycles. The van der Waals surface area contributed by atoms with E-state index in [1.165, 1.54) is 0 Å². The molecule has 0 bridgehead atoms. The molecule has 0 unspecified atom stereocenters. The SMILES string of the molecule is Nc1cc(C(F)F)nc2c(Cl)c(Cl)ccc12. The average molecular weight is 263 g/mol. The third kappa shape index (κ3) is 1.79. The van der Waals surface area contributed by atoms with Crippen LogP contribution in [-0.4, -0.2) is 4.98 Å². The first-order valence-electron chi connectivity index (χ1n) is 4.33. The summed E-state index contributed by atoms with van der Waals surface area (Å²) < 4.78 is 25.0. The molecular weight excluding hydrogens is 257 g/mol. The van der Waals surface area contributed by atoms with Gasteiger partial charge in [0, 0.05) is 11.1 Å². The zero-order valence-corrected chi connectivity index (χ0v) is 9.36. The number of halogens is 4. The Hall–Kier alpha value is -1.13. The Labute approximate surface area is 100.0 Å². The molecule has 0 spiro atoms. The minimum atomic E-state index is -2.69.